The minimum atomic E-state index is -0.534. The monoisotopic (exact) mass is 275 g/mol. The van der Waals surface area contributed by atoms with Crippen molar-refractivity contribution >= 4 is 11.9 Å². The van der Waals surface area contributed by atoms with E-state index < -0.39 is 11.9 Å². The summed E-state index contributed by atoms with van der Waals surface area (Å²) in [6.07, 6.45) is 1.24. The van der Waals surface area contributed by atoms with Gasteiger partial charge in [-0.2, -0.15) is 0 Å². The average molecular weight is 275 g/mol. The van der Waals surface area contributed by atoms with E-state index in [9.17, 15) is 9.59 Å². The van der Waals surface area contributed by atoms with Crippen molar-refractivity contribution in [3.05, 3.63) is 41.8 Å². The van der Waals surface area contributed by atoms with E-state index in [0.717, 1.165) is 0 Å². The number of oxazole rings is 1. The Labute approximate surface area is 115 Å². The van der Waals surface area contributed by atoms with Crippen LogP contribution in [0.1, 0.15) is 27.8 Å². The van der Waals surface area contributed by atoms with Crippen LogP contribution in [0.25, 0.3) is 11.5 Å². The Morgan fingerprint density at radius 2 is 1.90 bits per heavy atom. The van der Waals surface area contributed by atoms with Gasteiger partial charge >= 0.3 is 11.9 Å². The molecule has 0 fully saturated rings. The van der Waals surface area contributed by atoms with E-state index in [1.807, 2.05) is 0 Å². The number of aromatic nitrogens is 1. The van der Waals surface area contributed by atoms with E-state index >= 15 is 0 Å². The standard InChI is InChI=1S/C14H13NO5/c1-3-19-14(17)11-8-20-12(15-11)9-4-6-10(7-5-9)13(16)18-2/h4-8H,3H2,1-2H3. The molecule has 20 heavy (non-hydrogen) atoms. The van der Waals surface area contributed by atoms with E-state index in [4.69, 9.17) is 9.15 Å². The molecular formula is C14H13NO5. The van der Waals surface area contributed by atoms with Crippen LogP contribution < -0.4 is 0 Å². The second kappa shape index (κ2) is 6.01. The summed E-state index contributed by atoms with van der Waals surface area (Å²) in [6.45, 7) is 1.99. The second-order valence-electron chi connectivity index (χ2n) is 3.83. The molecule has 0 spiro atoms. The number of esters is 2. The lowest BCUT2D eigenvalue weighted by Gasteiger charge is -1.99. The van der Waals surface area contributed by atoms with Gasteiger partial charge in [-0.3, -0.25) is 0 Å². The minimum Gasteiger partial charge on any atom is -0.465 e. The number of carbonyl (C=O) groups is 2. The third-order valence-electron chi connectivity index (χ3n) is 2.54. The van der Waals surface area contributed by atoms with Gasteiger partial charge in [-0.25, -0.2) is 14.6 Å². The summed E-state index contributed by atoms with van der Waals surface area (Å²) in [4.78, 5) is 26.8. The maximum atomic E-state index is 11.5. The molecule has 1 aromatic heterocycles. The van der Waals surface area contributed by atoms with Gasteiger partial charge in [-0.1, -0.05) is 0 Å². The third-order valence-corrected chi connectivity index (χ3v) is 2.54. The topological polar surface area (TPSA) is 78.6 Å². The normalized spacial score (nSPS) is 10.1. The van der Waals surface area contributed by atoms with Gasteiger partial charge in [0.25, 0.3) is 0 Å². The Balaban J connectivity index is 2.20. The Morgan fingerprint density at radius 1 is 1.20 bits per heavy atom. The largest absolute Gasteiger partial charge is 0.465 e. The summed E-state index contributed by atoms with van der Waals surface area (Å²) in [5.74, 6) is -0.672. The lowest BCUT2D eigenvalue weighted by molar-refractivity contribution is 0.0518. The Hall–Kier alpha value is -2.63. The van der Waals surface area contributed by atoms with Crippen LogP contribution in [-0.4, -0.2) is 30.6 Å². The van der Waals surface area contributed by atoms with Gasteiger partial charge in [0, 0.05) is 5.56 Å². The van der Waals surface area contributed by atoms with Gasteiger partial charge in [0.15, 0.2) is 5.69 Å². The van der Waals surface area contributed by atoms with E-state index in [-0.39, 0.29) is 18.2 Å². The maximum Gasteiger partial charge on any atom is 0.360 e. The summed E-state index contributed by atoms with van der Waals surface area (Å²) in [6, 6.07) is 6.50. The summed E-state index contributed by atoms with van der Waals surface area (Å²) in [5.41, 5.74) is 1.18. The molecule has 0 amide bonds. The number of rotatable bonds is 4. The van der Waals surface area contributed by atoms with Crippen LogP contribution in [0.3, 0.4) is 0 Å². The van der Waals surface area contributed by atoms with Gasteiger partial charge < -0.3 is 13.9 Å². The fourth-order valence-electron chi connectivity index (χ4n) is 1.57. The molecule has 2 aromatic rings. The van der Waals surface area contributed by atoms with E-state index in [2.05, 4.69) is 9.72 Å². The average Bonchev–Trinajstić information content (AvgIpc) is 2.97. The number of nitrogens with zero attached hydrogens (tertiary/aromatic N) is 1. The van der Waals surface area contributed by atoms with Crippen LogP contribution in [0, 0.1) is 0 Å². The van der Waals surface area contributed by atoms with Gasteiger partial charge in [0.1, 0.15) is 6.26 Å². The molecular weight excluding hydrogens is 262 g/mol. The predicted octanol–water partition coefficient (Wildman–Crippen LogP) is 2.30. The number of hydrogen-bond donors (Lipinski definition) is 0. The molecule has 0 aliphatic rings. The fourth-order valence-corrected chi connectivity index (χ4v) is 1.57. The molecule has 6 nitrogen and oxygen atoms in total. The van der Waals surface area contributed by atoms with Gasteiger partial charge in [-0.15, -0.1) is 0 Å². The smallest absolute Gasteiger partial charge is 0.360 e. The Morgan fingerprint density at radius 3 is 2.50 bits per heavy atom. The van der Waals surface area contributed by atoms with Gasteiger partial charge in [0.2, 0.25) is 5.89 Å². The van der Waals surface area contributed by atoms with Crippen LogP contribution in [0.2, 0.25) is 0 Å². The van der Waals surface area contributed by atoms with Crippen molar-refractivity contribution in [3.8, 4) is 11.5 Å². The molecule has 0 saturated heterocycles. The van der Waals surface area contributed by atoms with E-state index in [0.29, 0.717) is 11.1 Å². The van der Waals surface area contributed by atoms with E-state index in [1.54, 1.807) is 31.2 Å². The SMILES string of the molecule is CCOC(=O)c1coc(-c2ccc(C(=O)OC)cc2)n1. The first-order valence-electron chi connectivity index (χ1n) is 5.97. The molecule has 0 N–H and O–H groups in total. The summed E-state index contributed by atoms with van der Waals surface area (Å²) >= 11 is 0. The second-order valence-corrected chi connectivity index (χ2v) is 3.83. The van der Waals surface area contributed by atoms with Crippen molar-refractivity contribution in [1.82, 2.24) is 4.98 Å². The lowest BCUT2D eigenvalue weighted by atomic mass is 10.1. The van der Waals surface area contributed by atoms with Crippen LogP contribution in [0.4, 0.5) is 0 Å². The first-order valence-corrected chi connectivity index (χ1v) is 5.97. The number of hydrogen-bond acceptors (Lipinski definition) is 6. The fraction of sp³-hybridized carbons (Fsp3) is 0.214. The zero-order chi connectivity index (χ0) is 14.5. The summed E-state index contributed by atoms with van der Waals surface area (Å²) < 4.78 is 14.6. The quantitative estimate of drug-likeness (QED) is 0.797. The highest BCUT2D eigenvalue weighted by molar-refractivity contribution is 5.90. The summed E-state index contributed by atoms with van der Waals surface area (Å²) in [5, 5.41) is 0. The van der Waals surface area contributed by atoms with Crippen LogP contribution in [0.5, 0.6) is 0 Å². The number of ether oxygens (including phenoxy) is 2. The van der Waals surface area contributed by atoms with Crippen molar-refractivity contribution < 1.29 is 23.5 Å². The molecule has 2 rings (SSSR count). The molecule has 0 atom stereocenters. The lowest BCUT2D eigenvalue weighted by Crippen LogP contribution is -2.04. The van der Waals surface area contributed by atoms with Crippen molar-refractivity contribution in [2.24, 2.45) is 0 Å². The zero-order valence-electron chi connectivity index (χ0n) is 11.1. The number of methoxy groups -OCH3 is 1. The Bertz CT molecular complexity index is 615. The maximum absolute atomic E-state index is 11.5. The molecule has 0 aliphatic heterocycles. The molecule has 1 aromatic carbocycles. The molecule has 0 bridgehead atoms. The van der Waals surface area contributed by atoms with Gasteiger partial charge in [0.05, 0.1) is 19.3 Å². The highest BCUT2D eigenvalue weighted by Gasteiger charge is 2.14. The third kappa shape index (κ3) is 2.85. The van der Waals surface area contributed by atoms with Gasteiger partial charge in [-0.05, 0) is 31.2 Å². The van der Waals surface area contributed by atoms with Crippen molar-refractivity contribution in [2.45, 2.75) is 6.92 Å². The molecule has 6 heteroatoms. The molecule has 0 unspecified atom stereocenters. The highest BCUT2D eigenvalue weighted by Crippen LogP contribution is 2.19. The van der Waals surface area contributed by atoms with Crippen molar-refractivity contribution in [3.63, 3.8) is 0 Å². The summed E-state index contributed by atoms with van der Waals surface area (Å²) in [7, 11) is 1.32. The zero-order valence-corrected chi connectivity index (χ0v) is 11.1. The predicted molar refractivity (Wildman–Crippen MR) is 69.2 cm³/mol. The molecule has 0 radical (unpaired) electrons. The molecule has 1 heterocycles. The highest BCUT2D eigenvalue weighted by atomic mass is 16.5. The van der Waals surface area contributed by atoms with Crippen LogP contribution >= 0.6 is 0 Å². The minimum absolute atomic E-state index is 0.110. The van der Waals surface area contributed by atoms with Crippen molar-refractivity contribution in [2.75, 3.05) is 13.7 Å². The first-order chi connectivity index (χ1) is 9.65. The Kier molecular flexibility index (Phi) is 4.14. The number of carbonyl (C=O) groups excluding carboxylic acids is 2. The van der Waals surface area contributed by atoms with E-state index in [1.165, 1.54) is 13.4 Å². The van der Waals surface area contributed by atoms with Crippen LogP contribution in [-0.2, 0) is 9.47 Å². The molecule has 0 aliphatic carbocycles. The van der Waals surface area contributed by atoms with Crippen molar-refractivity contribution in [1.29, 1.82) is 0 Å². The van der Waals surface area contributed by atoms with Crippen LogP contribution in [0.15, 0.2) is 34.9 Å². The number of benzene rings is 1. The first kappa shape index (κ1) is 13.8. The molecule has 104 valence electrons. The molecule has 0 saturated carbocycles.